The summed E-state index contributed by atoms with van der Waals surface area (Å²) in [5, 5.41) is 3.90. The molecular weight excluding hydrogens is 699 g/mol. The Morgan fingerprint density at radius 1 is 0.786 bits per heavy atom. The third-order valence-electron chi connectivity index (χ3n) is 14.3. The minimum Gasteiger partial charge on any atom is -0.438 e. The molecule has 4 nitrogen and oxygen atoms in total. The van der Waals surface area contributed by atoms with Crippen molar-refractivity contribution in [1.29, 1.82) is 0 Å². The maximum Gasteiger partial charge on any atom is 0.227 e. The first-order chi connectivity index (χ1) is 27.1. The van der Waals surface area contributed by atoms with Crippen LogP contribution in [0, 0.1) is 19.8 Å². The van der Waals surface area contributed by atoms with Gasteiger partial charge in [-0.15, -0.1) is 0 Å². The van der Waals surface area contributed by atoms with Crippen LogP contribution in [0.4, 0.5) is 0 Å². The molecular formula is C51H59N3OSi+2. The molecule has 2 saturated carbocycles. The molecule has 0 bridgehead atoms. The lowest BCUT2D eigenvalue weighted by Gasteiger charge is -2.34. The number of aromatic nitrogens is 3. The number of hydrogen-bond donors (Lipinski definition) is 0. The number of pyridine rings is 3. The highest BCUT2D eigenvalue weighted by Gasteiger charge is 2.44. The number of allylic oxidation sites excluding steroid dienone is 1. The average molecular weight is 758 g/mol. The highest BCUT2D eigenvalue weighted by Crippen LogP contribution is 2.46. The van der Waals surface area contributed by atoms with E-state index >= 15 is 0 Å². The normalized spacial score (nSPS) is 20.4. The number of furan rings is 1. The summed E-state index contributed by atoms with van der Waals surface area (Å²) in [6.45, 7) is 17.1. The van der Waals surface area contributed by atoms with E-state index in [1.165, 1.54) is 108 Å². The molecule has 0 saturated heterocycles. The third-order valence-corrected chi connectivity index (χ3v) is 16.4. The van der Waals surface area contributed by atoms with Crippen molar-refractivity contribution in [2.24, 2.45) is 5.92 Å². The van der Waals surface area contributed by atoms with Gasteiger partial charge in [0.1, 0.15) is 5.58 Å². The van der Waals surface area contributed by atoms with Crippen molar-refractivity contribution < 1.29 is 13.6 Å². The molecule has 2 aromatic carbocycles. The number of fused-ring (bicyclic) bond motifs is 12. The summed E-state index contributed by atoms with van der Waals surface area (Å²) in [6.07, 6.45) is 21.5. The van der Waals surface area contributed by atoms with Crippen LogP contribution in [-0.2, 0) is 12.8 Å². The van der Waals surface area contributed by atoms with Crippen molar-refractivity contribution in [2.45, 2.75) is 135 Å². The van der Waals surface area contributed by atoms with E-state index in [0.717, 1.165) is 59.4 Å². The molecule has 4 aliphatic rings. The predicted octanol–water partition coefficient (Wildman–Crippen LogP) is 12.0. The van der Waals surface area contributed by atoms with Gasteiger partial charge in [0.25, 0.3) is 0 Å². The Kier molecular flexibility index (Phi) is 8.96. The molecule has 2 aliphatic heterocycles. The van der Waals surface area contributed by atoms with E-state index in [1.807, 2.05) is 6.92 Å². The van der Waals surface area contributed by atoms with Crippen LogP contribution in [0.5, 0.6) is 0 Å². The van der Waals surface area contributed by atoms with Crippen LogP contribution in [0.3, 0.4) is 0 Å². The van der Waals surface area contributed by atoms with Crippen LogP contribution >= 0.6 is 0 Å². The molecule has 6 heterocycles. The van der Waals surface area contributed by atoms with Gasteiger partial charge in [-0.2, -0.15) is 9.13 Å². The minimum absolute atomic E-state index is 0.270. The van der Waals surface area contributed by atoms with E-state index < -0.39 is 8.07 Å². The second kappa shape index (κ2) is 13.9. The van der Waals surface area contributed by atoms with Gasteiger partial charge in [0, 0.05) is 50.8 Å². The summed E-state index contributed by atoms with van der Waals surface area (Å²) >= 11 is 0. The Balaban J connectivity index is 1.18. The molecule has 56 heavy (non-hydrogen) atoms. The largest absolute Gasteiger partial charge is 0.438 e. The summed E-state index contributed by atoms with van der Waals surface area (Å²) in [7, 11) is -1.67. The Morgan fingerprint density at radius 3 is 2.38 bits per heavy atom. The molecule has 0 spiro atoms. The summed E-state index contributed by atoms with van der Waals surface area (Å²) in [5.74, 6) is 1.81. The van der Waals surface area contributed by atoms with Crippen molar-refractivity contribution in [3.05, 3.63) is 113 Å². The van der Waals surface area contributed by atoms with Crippen LogP contribution in [-0.4, -0.2) is 13.1 Å². The molecule has 0 radical (unpaired) electrons. The summed E-state index contributed by atoms with van der Waals surface area (Å²) in [6, 6.07) is 23.9. The Labute approximate surface area is 334 Å². The number of hydrogen-bond acceptors (Lipinski definition) is 2. The molecule has 0 N–H and O–H groups in total. The fourth-order valence-corrected chi connectivity index (χ4v) is 13.0. The van der Waals surface area contributed by atoms with E-state index in [2.05, 4.69) is 109 Å². The van der Waals surface area contributed by atoms with E-state index in [9.17, 15) is 0 Å². The zero-order valence-electron chi connectivity index (χ0n) is 34.4. The molecule has 5 heteroatoms. The highest BCUT2D eigenvalue weighted by molar-refractivity contribution is 6.89. The lowest BCUT2D eigenvalue weighted by Crippen LogP contribution is -2.55. The molecule has 2 unspecified atom stereocenters. The predicted molar refractivity (Wildman–Crippen MR) is 233 cm³/mol. The molecule has 2 aliphatic carbocycles. The molecule has 10 rings (SSSR count). The van der Waals surface area contributed by atoms with Gasteiger partial charge < -0.3 is 4.42 Å². The monoisotopic (exact) mass is 757 g/mol. The molecule has 0 amide bonds. The van der Waals surface area contributed by atoms with Gasteiger partial charge in [-0.25, -0.2) is 4.98 Å². The van der Waals surface area contributed by atoms with Gasteiger partial charge in [-0.1, -0.05) is 82.8 Å². The zero-order chi connectivity index (χ0) is 38.3. The second-order valence-corrected chi connectivity index (χ2v) is 24.1. The van der Waals surface area contributed by atoms with E-state index in [0.29, 0.717) is 11.8 Å². The van der Waals surface area contributed by atoms with E-state index in [4.69, 9.17) is 16.0 Å². The quantitative estimate of drug-likeness (QED) is 0.133. The van der Waals surface area contributed by atoms with Gasteiger partial charge in [-0.05, 0) is 117 Å². The van der Waals surface area contributed by atoms with Crippen LogP contribution < -0.4 is 14.3 Å². The zero-order valence-corrected chi connectivity index (χ0v) is 35.4. The minimum atomic E-state index is -1.67. The number of aryl methyl sites for hydroxylation is 3. The van der Waals surface area contributed by atoms with Crippen molar-refractivity contribution in [2.75, 3.05) is 0 Å². The Bertz CT molecular complexity index is 2530. The fraction of sp³-hybridized carbons (Fsp3) is 0.431. The lowest BCUT2D eigenvalue weighted by atomic mass is 9.76. The van der Waals surface area contributed by atoms with Crippen molar-refractivity contribution in [3.63, 3.8) is 0 Å². The van der Waals surface area contributed by atoms with Crippen LogP contribution in [0.2, 0.25) is 19.6 Å². The van der Waals surface area contributed by atoms with E-state index in [-0.39, 0.29) is 6.04 Å². The van der Waals surface area contributed by atoms with E-state index in [1.54, 1.807) is 10.8 Å². The fourth-order valence-electron chi connectivity index (χ4n) is 11.3. The van der Waals surface area contributed by atoms with Gasteiger partial charge in [0.05, 0.1) is 20.1 Å². The second-order valence-electron chi connectivity index (χ2n) is 19.1. The average Bonchev–Trinajstić information content (AvgIpc) is 3.84. The van der Waals surface area contributed by atoms with Crippen LogP contribution in [0.25, 0.3) is 50.3 Å². The molecule has 286 valence electrons. The van der Waals surface area contributed by atoms with Gasteiger partial charge in [0.2, 0.25) is 17.1 Å². The standard InChI is InChI=1S/C51H59N3OSi/c1-32-24-46-43-28-45-42-22-20-33(2)52-51(42)55-49(45)27-37(43)21-23-41-39-18-12-13-19-40(39)48-29-44(36-16-8-7-9-17-36)50(56(4,5)6)31-54(48)47(41)25-34(3)53(46)30-38(32)26-35-14-10-11-15-35/h12-13,18-20,22,24,27-31,35-36,41,47H,3,7-11,14-17,21,23,25-26H2,1-2,4-6H3/q+2. The summed E-state index contributed by atoms with van der Waals surface area (Å²) in [5.41, 5.74) is 16.6. The van der Waals surface area contributed by atoms with Crippen LogP contribution in [0.1, 0.15) is 122 Å². The molecule has 2 atom stereocenters. The topological polar surface area (TPSA) is 33.8 Å². The Hall–Kier alpha value is -4.35. The molecule has 2 fully saturated rings. The highest BCUT2D eigenvalue weighted by atomic mass is 28.3. The summed E-state index contributed by atoms with van der Waals surface area (Å²) < 4.78 is 11.8. The van der Waals surface area contributed by atoms with Crippen molar-refractivity contribution in [3.8, 4) is 22.5 Å². The SMILES string of the molecule is C=C1CC2C(CCc3cc4oc5nc(C)ccc5c4cc3-c3cc(C)c(CC4CCCC4)c[n+]31)c1ccccc1-c1cc(C3CCCCC3)c([Si](C)(C)C)c[n+]12. The van der Waals surface area contributed by atoms with Gasteiger partial charge >= 0.3 is 0 Å². The summed E-state index contributed by atoms with van der Waals surface area (Å²) in [4.78, 5) is 4.81. The number of nitrogens with zero attached hydrogens (tertiary/aromatic N) is 3. The Morgan fingerprint density at radius 2 is 1.57 bits per heavy atom. The third kappa shape index (κ3) is 6.20. The van der Waals surface area contributed by atoms with Gasteiger partial charge in [-0.3, -0.25) is 0 Å². The number of benzene rings is 2. The first-order valence-corrected chi connectivity index (χ1v) is 25.4. The van der Waals surface area contributed by atoms with Gasteiger partial charge in [0.15, 0.2) is 24.1 Å². The first-order valence-electron chi connectivity index (χ1n) is 21.9. The maximum absolute atomic E-state index is 6.53. The van der Waals surface area contributed by atoms with Crippen LogP contribution in [0.15, 0.2) is 84.1 Å². The first kappa shape index (κ1) is 36.0. The van der Waals surface area contributed by atoms with Crippen molar-refractivity contribution >= 4 is 41.0 Å². The molecule has 4 aromatic heterocycles. The number of rotatable bonds is 4. The lowest BCUT2D eigenvalue weighted by molar-refractivity contribution is -0.719. The molecule has 6 aromatic rings. The smallest absolute Gasteiger partial charge is 0.227 e. The maximum atomic E-state index is 6.53. The van der Waals surface area contributed by atoms with Crippen molar-refractivity contribution in [1.82, 2.24) is 4.98 Å².